The minimum Gasteiger partial charge on any atom is -0.368 e. The molecule has 1 aliphatic rings. The van der Waals surface area contributed by atoms with Crippen molar-refractivity contribution in [3.05, 3.63) is 66.5 Å². The first kappa shape index (κ1) is 21.1. The molecule has 1 N–H and O–H groups in total. The molecule has 0 saturated carbocycles. The Kier molecular flexibility index (Phi) is 5.09. The molecule has 0 amide bonds. The lowest BCUT2D eigenvalue weighted by atomic mass is 10.1. The van der Waals surface area contributed by atoms with Crippen molar-refractivity contribution in [1.29, 1.82) is 0 Å². The van der Waals surface area contributed by atoms with Gasteiger partial charge in [-0.25, -0.2) is 19.0 Å². The molecule has 11 heteroatoms. The van der Waals surface area contributed by atoms with Crippen molar-refractivity contribution in [2.75, 3.05) is 23.3 Å². The summed E-state index contributed by atoms with van der Waals surface area (Å²) >= 11 is 0. The van der Waals surface area contributed by atoms with Gasteiger partial charge in [-0.2, -0.15) is 5.10 Å². The first-order valence-corrected chi connectivity index (χ1v) is 11.4. The lowest BCUT2D eigenvalue weighted by Crippen LogP contribution is -2.22. The van der Waals surface area contributed by atoms with Crippen LogP contribution >= 0.6 is 0 Å². The van der Waals surface area contributed by atoms with Gasteiger partial charge in [0.15, 0.2) is 0 Å². The molecule has 4 aromatic heterocycles. The monoisotopic (exact) mass is 470 g/mol. The number of nitrogens with zero attached hydrogens (tertiary/aromatic N) is 9. The Labute approximate surface area is 200 Å². The van der Waals surface area contributed by atoms with Gasteiger partial charge in [0, 0.05) is 44.0 Å². The lowest BCUT2D eigenvalue weighted by Gasteiger charge is -2.20. The van der Waals surface area contributed by atoms with Crippen molar-refractivity contribution in [1.82, 2.24) is 39.7 Å². The number of rotatable bonds is 5. The van der Waals surface area contributed by atoms with E-state index in [-0.39, 0.29) is 11.9 Å². The third-order valence-corrected chi connectivity index (χ3v) is 6.36. The molecule has 5 aromatic rings. The van der Waals surface area contributed by atoms with Crippen molar-refractivity contribution < 1.29 is 4.39 Å². The summed E-state index contributed by atoms with van der Waals surface area (Å²) < 4.78 is 17.4. The molecule has 5 heterocycles. The summed E-state index contributed by atoms with van der Waals surface area (Å²) in [5.74, 6) is 0.967. The molecule has 1 fully saturated rings. The molecule has 0 bridgehead atoms. The molecule has 1 aliphatic heterocycles. The second-order valence-electron chi connectivity index (χ2n) is 8.61. The molecule has 1 atom stereocenters. The van der Waals surface area contributed by atoms with Crippen LogP contribution in [0, 0.1) is 12.7 Å². The molecule has 176 valence electrons. The Morgan fingerprint density at radius 2 is 2.00 bits per heavy atom. The van der Waals surface area contributed by atoms with E-state index in [2.05, 4.69) is 40.6 Å². The molecule has 0 spiro atoms. The number of fused-ring (bicyclic) bond motifs is 1. The van der Waals surface area contributed by atoms with Crippen molar-refractivity contribution in [3.8, 4) is 11.3 Å². The van der Waals surface area contributed by atoms with Crippen LogP contribution in [0.5, 0.6) is 0 Å². The number of pyridine rings is 1. The molecule has 1 aromatic carbocycles. The SMILES string of the molecule is Cc1ncc(F)cc1N1CCC(n2nnc3cc(-c4ccnc(Nc5ccnn5C)n4)ccc32)C1. The van der Waals surface area contributed by atoms with Crippen LogP contribution in [-0.2, 0) is 7.05 Å². The van der Waals surface area contributed by atoms with Crippen LogP contribution < -0.4 is 10.2 Å². The molecule has 35 heavy (non-hydrogen) atoms. The van der Waals surface area contributed by atoms with Gasteiger partial charge in [0.2, 0.25) is 5.95 Å². The van der Waals surface area contributed by atoms with E-state index >= 15 is 0 Å². The van der Waals surface area contributed by atoms with E-state index in [4.69, 9.17) is 0 Å². The van der Waals surface area contributed by atoms with Crippen LogP contribution in [0.4, 0.5) is 21.8 Å². The average Bonchev–Trinajstić information content (AvgIpc) is 3.60. The number of halogens is 1. The van der Waals surface area contributed by atoms with Gasteiger partial charge in [0.05, 0.1) is 41.0 Å². The summed E-state index contributed by atoms with van der Waals surface area (Å²) in [4.78, 5) is 15.3. The maximum absolute atomic E-state index is 13.8. The zero-order valence-electron chi connectivity index (χ0n) is 19.3. The molecular weight excluding hydrogens is 447 g/mol. The average molecular weight is 471 g/mol. The van der Waals surface area contributed by atoms with Crippen LogP contribution in [0.3, 0.4) is 0 Å². The molecule has 1 saturated heterocycles. The molecule has 1 unspecified atom stereocenters. The molecule has 0 radical (unpaired) electrons. The van der Waals surface area contributed by atoms with Gasteiger partial charge in [-0.05, 0) is 31.5 Å². The van der Waals surface area contributed by atoms with E-state index < -0.39 is 0 Å². The molecule has 6 rings (SSSR count). The highest BCUT2D eigenvalue weighted by atomic mass is 19.1. The predicted octanol–water partition coefficient (Wildman–Crippen LogP) is 3.66. The van der Waals surface area contributed by atoms with Gasteiger partial charge in [0.1, 0.15) is 17.2 Å². The minimum atomic E-state index is -0.323. The van der Waals surface area contributed by atoms with E-state index in [0.29, 0.717) is 5.95 Å². The summed E-state index contributed by atoms with van der Waals surface area (Å²) in [5, 5.41) is 16.2. The zero-order valence-corrected chi connectivity index (χ0v) is 19.3. The van der Waals surface area contributed by atoms with Gasteiger partial charge < -0.3 is 10.2 Å². The molecule has 10 nitrogen and oxygen atoms in total. The number of aryl methyl sites for hydroxylation is 2. The van der Waals surface area contributed by atoms with Gasteiger partial charge in [-0.1, -0.05) is 11.3 Å². The summed E-state index contributed by atoms with van der Waals surface area (Å²) in [5.41, 5.74) is 5.11. The van der Waals surface area contributed by atoms with E-state index in [0.717, 1.165) is 59.0 Å². The number of hydrogen-bond donors (Lipinski definition) is 1. The summed E-state index contributed by atoms with van der Waals surface area (Å²) in [6.07, 6.45) is 5.58. The lowest BCUT2D eigenvalue weighted by molar-refractivity contribution is 0.494. The first-order valence-electron chi connectivity index (χ1n) is 11.4. The predicted molar refractivity (Wildman–Crippen MR) is 130 cm³/mol. The normalized spacial score (nSPS) is 15.7. The highest BCUT2D eigenvalue weighted by Gasteiger charge is 2.27. The van der Waals surface area contributed by atoms with Gasteiger partial charge >= 0.3 is 0 Å². The van der Waals surface area contributed by atoms with Crippen molar-refractivity contribution >= 4 is 28.5 Å². The Balaban J connectivity index is 1.24. The topological polar surface area (TPSA) is 102 Å². The summed E-state index contributed by atoms with van der Waals surface area (Å²) in [6, 6.07) is 11.4. The Hall–Kier alpha value is -4.41. The molecule has 0 aliphatic carbocycles. The van der Waals surface area contributed by atoms with E-state index in [1.807, 2.05) is 49.0 Å². The van der Waals surface area contributed by atoms with E-state index in [1.165, 1.54) is 6.20 Å². The van der Waals surface area contributed by atoms with Crippen LogP contribution in [0.25, 0.3) is 22.3 Å². The third kappa shape index (κ3) is 3.94. The van der Waals surface area contributed by atoms with Gasteiger partial charge in [0.25, 0.3) is 0 Å². The second kappa shape index (κ2) is 8.42. The summed E-state index contributed by atoms with van der Waals surface area (Å²) in [7, 11) is 1.85. The quantitative estimate of drug-likeness (QED) is 0.415. The van der Waals surface area contributed by atoms with E-state index in [9.17, 15) is 4.39 Å². The highest BCUT2D eigenvalue weighted by molar-refractivity contribution is 5.81. The van der Waals surface area contributed by atoms with Gasteiger partial charge in [-0.3, -0.25) is 9.67 Å². The second-order valence-corrected chi connectivity index (χ2v) is 8.61. The fraction of sp³-hybridized carbons (Fsp3) is 0.250. The van der Waals surface area contributed by atoms with Crippen molar-refractivity contribution in [2.24, 2.45) is 7.05 Å². The van der Waals surface area contributed by atoms with Crippen LogP contribution in [-0.4, -0.2) is 52.8 Å². The third-order valence-electron chi connectivity index (χ3n) is 6.36. The number of aromatic nitrogens is 8. The Morgan fingerprint density at radius 1 is 1.09 bits per heavy atom. The summed E-state index contributed by atoms with van der Waals surface area (Å²) in [6.45, 7) is 3.43. The van der Waals surface area contributed by atoms with Crippen LogP contribution in [0.1, 0.15) is 18.2 Å². The minimum absolute atomic E-state index is 0.141. The zero-order chi connectivity index (χ0) is 23.9. The fourth-order valence-corrected chi connectivity index (χ4v) is 4.54. The smallest absolute Gasteiger partial charge is 0.228 e. The standard InChI is InChI=1S/C24H23FN10/c1-15-22(12-17(25)13-27-15)34-10-7-18(14-34)35-21-4-3-16(11-20(21)31-32-35)19-5-8-26-24(29-19)30-23-6-9-28-33(23)2/h3-6,8-9,11-13,18H,7,10,14H2,1-2H3,(H,26,29,30). The largest absolute Gasteiger partial charge is 0.368 e. The number of hydrogen-bond acceptors (Lipinski definition) is 8. The Bertz CT molecular complexity index is 1520. The van der Waals surface area contributed by atoms with Crippen LogP contribution in [0.15, 0.2) is 55.0 Å². The van der Waals surface area contributed by atoms with Crippen molar-refractivity contribution in [3.63, 3.8) is 0 Å². The maximum atomic E-state index is 13.8. The van der Waals surface area contributed by atoms with Gasteiger partial charge in [-0.15, -0.1) is 5.10 Å². The molecular formula is C24H23FN10. The van der Waals surface area contributed by atoms with Crippen LogP contribution in [0.2, 0.25) is 0 Å². The van der Waals surface area contributed by atoms with E-state index in [1.54, 1.807) is 23.1 Å². The van der Waals surface area contributed by atoms with Crippen molar-refractivity contribution in [2.45, 2.75) is 19.4 Å². The highest BCUT2D eigenvalue weighted by Crippen LogP contribution is 2.31. The fourth-order valence-electron chi connectivity index (χ4n) is 4.54. The number of benzene rings is 1. The first-order chi connectivity index (χ1) is 17.0. The number of nitrogens with one attached hydrogen (secondary N) is 1. The maximum Gasteiger partial charge on any atom is 0.228 e. The number of anilines is 3. The Morgan fingerprint density at radius 3 is 2.86 bits per heavy atom.